The summed E-state index contributed by atoms with van der Waals surface area (Å²) in [6.07, 6.45) is 5.35. The highest BCUT2D eigenvalue weighted by molar-refractivity contribution is 6.34. The van der Waals surface area contributed by atoms with E-state index < -0.39 is 0 Å². The molecule has 0 spiro atoms. The van der Waals surface area contributed by atoms with Crippen molar-refractivity contribution < 1.29 is 4.79 Å². The first kappa shape index (κ1) is 19.8. The molecule has 0 bridgehead atoms. The molecule has 4 rings (SSSR count). The summed E-state index contributed by atoms with van der Waals surface area (Å²) in [6, 6.07) is 12.1. The lowest BCUT2D eigenvalue weighted by Gasteiger charge is -2.21. The van der Waals surface area contributed by atoms with Gasteiger partial charge in [0.15, 0.2) is 0 Å². The average molecular weight is 399 g/mol. The molecule has 28 heavy (non-hydrogen) atoms. The van der Waals surface area contributed by atoms with E-state index in [2.05, 4.69) is 20.8 Å². The van der Waals surface area contributed by atoms with Crippen molar-refractivity contribution >= 4 is 41.3 Å². The number of rotatable bonds is 4. The Labute approximate surface area is 169 Å². The van der Waals surface area contributed by atoms with Crippen molar-refractivity contribution in [2.75, 3.05) is 23.9 Å². The number of nitrogens with zero attached hydrogens (tertiary/aromatic N) is 4. The van der Waals surface area contributed by atoms with Crippen molar-refractivity contribution in [3.05, 3.63) is 53.2 Å². The standard InChI is InChI=1S/C18H19ClN6.C2H4O/c1-20-17-10-12(6-8-21-17)25-11-14(16-7-9-22-23-16)18(24-25)13-4-2-3-5-15(13)19;1-2-3/h2-6,8-10,14,16,23H,7,11H2,1H3,(H,20,21);2H,1H3. The number of halogens is 1. The molecule has 0 amide bonds. The van der Waals surface area contributed by atoms with E-state index in [-0.39, 0.29) is 12.0 Å². The van der Waals surface area contributed by atoms with Crippen LogP contribution in [0.3, 0.4) is 0 Å². The summed E-state index contributed by atoms with van der Waals surface area (Å²) in [6.45, 7) is 2.22. The van der Waals surface area contributed by atoms with Gasteiger partial charge < -0.3 is 15.5 Å². The molecule has 3 heterocycles. The van der Waals surface area contributed by atoms with Crippen molar-refractivity contribution in [2.45, 2.75) is 19.4 Å². The summed E-state index contributed by atoms with van der Waals surface area (Å²) < 4.78 is 0. The Morgan fingerprint density at radius 1 is 1.32 bits per heavy atom. The molecule has 2 unspecified atom stereocenters. The second-order valence-corrected chi connectivity index (χ2v) is 6.73. The van der Waals surface area contributed by atoms with E-state index >= 15 is 0 Å². The molecular weight excluding hydrogens is 376 g/mol. The van der Waals surface area contributed by atoms with Gasteiger partial charge in [-0.2, -0.15) is 10.2 Å². The van der Waals surface area contributed by atoms with Gasteiger partial charge in [-0.05, 0) is 19.1 Å². The molecule has 0 aliphatic carbocycles. The number of hydrogen-bond acceptors (Lipinski definition) is 7. The highest BCUT2D eigenvalue weighted by Crippen LogP contribution is 2.31. The number of carbonyl (C=O) groups is 1. The minimum absolute atomic E-state index is 0.202. The van der Waals surface area contributed by atoms with Crippen molar-refractivity contribution in [3.63, 3.8) is 0 Å². The monoisotopic (exact) mass is 398 g/mol. The first-order valence-electron chi connectivity index (χ1n) is 9.09. The average Bonchev–Trinajstić information content (AvgIpc) is 3.39. The lowest BCUT2D eigenvalue weighted by atomic mass is 9.90. The zero-order valence-electron chi connectivity index (χ0n) is 15.8. The third-order valence-corrected chi connectivity index (χ3v) is 4.90. The molecule has 0 saturated heterocycles. The summed E-state index contributed by atoms with van der Waals surface area (Å²) >= 11 is 6.45. The van der Waals surface area contributed by atoms with Crippen LogP contribution in [0.4, 0.5) is 11.5 Å². The molecular formula is C20H23ClN6O. The van der Waals surface area contributed by atoms with E-state index in [0.29, 0.717) is 0 Å². The number of pyridine rings is 1. The van der Waals surface area contributed by atoms with E-state index in [4.69, 9.17) is 21.5 Å². The Morgan fingerprint density at radius 3 is 2.79 bits per heavy atom. The summed E-state index contributed by atoms with van der Waals surface area (Å²) in [5.41, 5.74) is 6.19. The van der Waals surface area contributed by atoms with Crippen molar-refractivity contribution in [2.24, 2.45) is 16.1 Å². The fourth-order valence-corrected chi connectivity index (χ4v) is 3.49. The van der Waals surface area contributed by atoms with E-state index in [1.807, 2.05) is 54.7 Å². The predicted octanol–water partition coefficient (Wildman–Crippen LogP) is 3.17. The largest absolute Gasteiger partial charge is 0.373 e. The minimum atomic E-state index is 0.202. The summed E-state index contributed by atoms with van der Waals surface area (Å²) in [7, 11) is 1.86. The quantitative estimate of drug-likeness (QED) is 0.773. The zero-order chi connectivity index (χ0) is 19.9. The maximum absolute atomic E-state index is 8.81. The van der Waals surface area contributed by atoms with Gasteiger partial charge in [-0.3, -0.25) is 5.01 Å². The molecule has 2 aliphatic heterocycles. The minimum Gasteiger partial charge on any atom is -0.373 e. The molecule has 2 aliphatic rings. The molecule has 1 aromatic carbocycles. The number of hydrogen-bond donors (Lipinski definition) is 2. The maximum atomic E-state index is 8.81. The molecule has 2 N–H and O–H groups in total. The summed E-state index contributed by atoms with van der Waals surface area (Å²) in [4.78, 5) is 13.1. The van der Waals surface area contributed by atoms with Gasteiger partial charge in [0.1, 0.15) is 12.1 Å². The first-order valence-corrected chi connectivity index (χ1v) is 9.47. The van der Waals surface area contributed by atoms with Gasteiger partial charge in [-0.15, -0.1) is 0 Å². The number of aldehydes is 1. The Bertz CT molecular complexity index is 877. The van der Waals surface area contributed by atoms with Gasteiger partial charge in [0, 0.05) is 48.5 Å². The second kappa shape index (κ2) is 9.32. The molecule has 2 aromatic rings. The Balaban J connectivity index is 0.000000706. The van der Waals surface area contributed by atoms with Gasteiger partial charge in [-0.25, -0.2) is 4.98 Å². The van der Waals surface area contributed by atoms with Crippen LogP contribution in [0.2, 0.25) is 5.02 Å². The number of hydrazone groups is 2. The third-order valence-electron chi connectivity index (χ3n) is 4.57. The van der Waals surface area contributed by atoms with Crippen LogP contribution >= 0.6 is 11.6 Å². The van der Waals surface area contributed by atoms with Gasteiger partial charge in [0.2, 0.25) is 0 Å². The first-order chi connectivity index (χ1) is 13.7. The lowest BCUT2D eigenvalue weighted by molar-refractivity contribution is -0.106. The Hall–Kier alpha value is -2.93. The molecule has 146 valence electrons. The van der Waals surface area contributed by atoms with Crippen LogP contribution in [0.5, 0.6) is 0 Å². The fraction of sp³-hybridized carbons (Fsp3) is 0.300. The van der Waals surface area contributed by atoms with Crippen molar-refractivity contribution in [3.8, 4) is 0 Å². The van der Waals surface area contributed by atoms with Crippen LogP contribution in [-0.4, -0.2) is 42.8 Å². The Morgan fingerprint density at radius 2 is 2.11 bits per heavy atom. The van der Waals surface area contributed by atoms with Gasteiger partial charge >= 0.3 is 0 Å². The number of anilines is 2. The predicted molar refractivity (Wildman–Crippen MR) is 114 cm³/mol. The molecule has 1 aromatic heterocycles. The zero-order valence-corrected chi connectivity index (χ0v) is 16.6. The molecule has 0 radical (unpaired) electrons. The van der Waals surface area contributed by atoms with Gasteiger partial charge in [-0.1, -0.05) is 29.8 Å². The molecule has 2 atom stereocenters. The number of carbonyl (C=O) groups excluding carboxylic acids is 1. The fourth-order valence-electron chi connectivity index (χ4n) is 3.26. The second-order valence-electron chi connectivity index (χ2n) is 6.32. The molecule has 7 nitrogen and oxygen atoms in total. The van der Waals surface area contributed by atoms with Crippen LogP contribution in [0.25, 0.3) is 0 Å². The number of aromatic nitrogens is 1. The van der Waals surface area contributed by atoms with Crippen LogP contribution in [0.15, 0.2) is 52.8 Å². The van der Waals surface area contributed by atoms with E-state index in [1.54, 1.807) is 6.20 Å². The van der Waals surface area contributed by atoms with Crippen LogP contribution < -0.4 is 15.8 Å². The summed E-state index contributed by atoms with van der Waals surface area (Å²) in [5, 5.41) is 14.9. The number of nitrogens with one attached hydrogen (secondary N) is 2. The van der Waals surface area contributed by atoms with Crippen LogP contribution in [-0.2, 0) is 4.79 Å². The molecule has 0 saturated carbocycles. The maximum Gasteiger partial charge on any atom is 0.127 e. The van der Waals surface area contributed by atoms with Gasteiger partial charge in [0.05, 0.1) is 24.0 Å². The van der Waals surface area contributed by atoms with Crippen LogP contribution in [0.1, 0.15) is 18.9 Å². The van der Waals surface area contributed by atoms with Crippen molar-refractivity contribution in [1.82, 2.24) is 10.4 Å². The van der Waals surface area contributed by atoms with E-state index in [1.165, 1.54) is 6.92 Å². The van der Waals surface area contributed by atoms with Crippen LogP contribution in [0, 0.1) is 5.92 Å². The van der Waals surface area contributed by atoms with E-state index in [9.17, 15) is 0 Å². The number of benzene rings is 1. The van der Waals surface area contributed by atoms with Gasteiger partial charge in [0.25, 0.3) is 0 Å². The van der Waals surface area contributed by atoms with Crippen molar-refractivity contribution in [1.29, 1.82) is 0 Å². The molecule has 0 fully saturated rings. The third kappa shape index (κ3) is 4.31. The van der Waals surface area contributed by atoms with E-state index in [0.717, 1.165) is 47.1 Å². The SMILES string of the molecule is CC=O.CNc1cc(N2CC(C3CC=NN3)C(c3ccccc3Cl)=N2)ccn1. The normalized spacial score (nSPS) is 20.1. The summed E-state index contributed by atoms with van der Waals surface area (Å²) in [5.74, 6) is 1.02. The smallest absolute Gasteiger partial charge is 0.127 e. The lowest BCUT2D eigenvalue weighted by Crippen LogP contribution is -2.37. The topological polar surface area (TPSA) is 82.0 Å². The molecule has 8 heteroatoms. The Kier molecular flexibility index (Phi) is 6.60. The highest BCUT2D eigenvalue weighted by Gasteiger charge is 2.36. The highest BCUT2D eigenvalue weighted by atomic mass is 35.5.